The van der Waals surface area contributed by atoms with Gasteiger partial charge >= 0.3 is 5.97 Å². The molecule has 1 aromatic heterocycles. The maximum Gasteiger partial charge on any atom is 0.340 e. The summed E-state index contributed by atoms with van der Waals surface area (Å²) in [6.07, 6.45) is 1.78. The largest absolute Gasteiger partial charge is 0.465 e. The second-order valence-corrected chi connectivity index (χ2v) is 4.53. The molecule has 0 saturated heterocycles. The number of carbonyl (C=O) groups is 1. The predicted octanol–water partition coefficient (Wildman–Crippen LogP) is 3.92. The third-order valence-electron chi connectivity index (χ3n) is 2.45. The Hall–Kier alpha value is -2.07. The van der Waals surface area contributed by atoms with Gasteiger partial charge < -0.3 is 10.1 Å². The Morgan fingerprint density at radius 2 is 2.28 bits per heavy atom. The van der Waals surface area contributed by atoms with Crippen molar-refractivity contribution in [3.8, 4) is 0 Å². The number of thiophene rings is 1. The average molecular weight is 259 g/mol. The van der Waals surface area contributed by atoms with Gasteiger partial charge in [0, 0.05) is 5.69 Å². The zero-order chi connectivity index (χ0) is 13.0. The van der Waals surface area contributed by atoms with Crippen molar-refractivity contribution < 1.29 is 9.53 Å². The van der Waals surface area contributed by atoms with Crippen LogP contribution in [0.25, 0.3) is 6.08 Å². The molecular formula is C14H13NO2S. The van der Waals surface area contributed by atoms with Gasteiger partial charge in [-0.25, -0.2) is 4.79 Å². The molecule has 2 rings (SSSR count). The number of hydrogen-bond acceptors (Lipinski definition) is 4. The lowest BCUT2D eigenvalue weighted by atomic mass is 10.2. The molecule has 0 aliphatic heterocycles. The molecule has 0 bridgehead atoms. The number of benzene rings is 1. The number of ether oxygens (including phenoxy) is 1. The molecule has 0 fully saturated rings. The Morgan fingerprint density at radius 3 is 3.00 bits per heavy atom. The van der Waals surface area contributed by atoms with Crippen molar-refractivity contribution in [3.05, 3.63) is 53.4 Å². The average Bonchev–Trinajstić information content (AvgIpc) is 2.86. The summed E-state index contributed by atoms with van der Waals surface area (Å²) in [5, 5.41) is 5.85. The van der Waals surface area contributed by atoms with Crippen LogP contribution in [0.2, 0.25) is 0 Å². The number of nitrogens with one attached hydrogen (secondary N) is 1. The molecule has 3 nitrogen and oxygen atoms in total. The Morgan fingerprint density at radius 1 is 1.44 bits per heavy atom. The molecule has 92 valence electrons. The summed E-state index contributed by atoms with van der Waals surface area (Å²) in [6.45, 7) is 3.73. The topological polar surface area (TPSA) is 38.3 Å². The fourth-order valence-electron chi connectivity index (χ4n) is 1.55. The van der Waals surface area contributed by atoms with Crippen LogP contribution in [0.3, 0.4) is 0 Å². The number of esters is 1. The summed E-state index contributed by atoms with van der Waals surface area (Å²) in [5.41, 5.74) is 2.49. The van der Waals surface area contributed by atoms with E-state index in [1.165, 1.54) is 18.4 Å². The van der Waals surface area contributed by atoms with Gasteiger partial charge in [0.2, 0.25) is 0 Å². The number of rotatable bonds is 4. The Bertz CT molecular complexity index is 575. The molecule has 0 aliphatic rings. The van der Waals surface area contributed by atoms with Gasteiger partial charge in [0.05, 0.1) is 12.7 Å². The van der Waals surface area contributed by atoms with Crippen molar-refractivity contribution in [2.24, 2.45) is 0 Å². The molecule has 1 heterocycles. The van der Waals surface area contributed by atoms with E-state index in [1.807, 2.05) is 29.6 Å². The van der Waals surface area contributed by atoms with Gasteiger partial charge in [0.15, 0.2) is 0 Å². The zero-order valence-electron chi connectivity index (χ0n) is 9.97. The molecule has 0 amide bonds. The van der Waals surface area contributed by atoms with Crippen molar-refractivity contribution in [1.29, 1.82) is 0 Å². The van der Waals surface area contributed by atoms with Gasteiger partial charge in [-0.05, 0) is 29.1 Å². The molecule has 18 heavy (non-hydrogen) atoms. The van der Waals surface area contributed by atoms with Crippen molar-refractivity contribution in [3.63, 3.8) is 0 Å². The first-order valence-corrected chi connectivity index (χ1v) is 6.28. The molecule has 0 radical (unpaired) electrons. The van der Waals surface area contributed by atoms with E-state index in [0.29, 0.717) is 5.56 Å². The number of anilines is 2. The Kier molecular flexibility index (Phi) is 3.79. The van der Waals surface area contributed by atoms with Crippen LogP contribution in [-0.2, 0) is 4.74 Å². The minimum absolute atomic E-state index is 0.335. The smallest absolute Gasteiger partial charge is 0.340 e. The number of hydrogen-bond donors (Lipinski definition) is 1. The van der Waals surface area contributed by atoms with Crippen LogP contribution in [0.1, 0.15) is 15.9 Å². The second kappa shape index (κ2) is 5.51. The van der Waals surface area contributed by atoms with Crippen LogP contribution in [0.5, 0.6) is 0 Å². The first kappa shape index (κ1) is 12.4. The molecule has 1 aromatic carbocycles. The molecule has 1 N–H and O–H groups in total. The Labute approximate surface area is 110 Å². The van der Waals surface area contributed by atoms with Crippen molar-refractivity contribution in [1.82, 2.24) is 0 Å². The monoisotopic (exact) mass is 259 g/mol. The van der Waals surface area contributed by atoms with Gasteiger partial charge in [0.1, 0.15) is 5.00 Å². The SMILES string of the molecule is C=Cc1cccc(Nc2sccc2C(=O)OC)c1. The van der Waals surface area contributed by atoms with E-state index in [-0.39, 0.29) is 5.97 Å². The first-order chi connectivity index (χ1) is 8.74. The lowest BCUT2D eigenvalue weighted by Gasteiger charge is -2.07. The summed E-state index contributed by atoms with van der Waals surface area (Å²) >= 11 is 1.46. The molecule has 0 aliphatic carbocycles. The maximum absolute atomic E-state index is 11.5. The molecule has 0 spiro atoms. The lowest BCUT2D eigenvalue weighted by molar-refractivity contribution is 0.0602. The molecular weight excluding hydrogens is 246 g/mol. The molecule has 0 unspecified atom stereocenters. The van der Waals surface area contributed by atoms with Crippen molar-refractivity contribution in [2.75, 3.05) is 12.4 Å². The van der Waals surface area contributed by atoms with E-state index in [2.05, 4.69) is 11.9 Å². The van der Waals surface area contributed by atoms with E-state index in [9.17, 15) is 4.79 Å². The van der Waals surface area contributed by atoms with Crippen LogP contribution in [-0.4, -0.2) is 13.1 Å². The van der Waals surface area contributed by atoms with Gasteiger partial charge in [-0.15, -0.1) is 11.3 Å². The first-order valence-electron chi connectivity index (χ1n) is 5.40. The molecule has 4 heteroatoms. The van der Waals surface area contributed by atoms with Crippen LogP contribution < -0.4 is 5.32 Å². The number of methoxy groups -OCH3 is 1. The molecule has 0 atom stereocenters. The quantitative estimate of drug-likeness (QED) is 0.846. The fourth-order valence-corrected chi connectivity index (χ4v) is 2.35. The highest BCUT2D eigenvalue weighted by Crippen LogP contribution is 2.28. The predicted molar refractivity (Wildman–Crippen MR) is 75.5 cm³/mol. The van der Waals surface area contributed by atoms with Gasteiger partial charge in [-0.1, -0.05) is 24.8 Å². The lowest BCUT2D eigenvalue weighted by Crippen LogP contribution is -2.02. The third kappa shape index (κ3) is 2.60. The Balaban J connectivity index is 2.26. The second-order valence-electron chi connectivity index (χ2n) is 3.61. The van der Waals surface area contributed by atoms with Crippen molar-refractivity contribution in [2.45, 2.75) is 0 Å². The molecule has 2 aromatic rings. The zero-order valence-corrected chi connectivity index (χ0v) is 10.8. The third-order valence-corrected chi connectivity index (χ3v) is 3.28. The van der Waals surface area contributed by atoms with E-state index in [0.717, 1.165) is 16.3 Å². The summed E-state index contributed by atoms with van der Waals surface area (Å²) < 4.78 is 4.73. The maximum atomic E-state index is 11.5. The summed E-state index contributed by atoms with van der Waals surface area (Å²) in [5.74, 6) is -0.335. The van der Waals surface area contributed by atoms with Gasteiger partial charge in [0.25, 0.3) is 0 Å². The van der Waals surface area contributed by atoms with E-state index in [1.54, 1.807) is 12.1 Å². The van der Waals surface area contributed by atoms with E-state index >= 15 is 0 Å². The van der Waals surface area contributed by atoms with E-state index < -0.39 is 0 Å². The summed E-state index contributed by atoms with van der Waals surface area (Å²) in [7, 11) is 1.38. The standard InChI is InChI=1S/C14H13NO2S/c1-3-10-5-4-6-11(9-10)15-13-12(7-8-18-13)14(16)17-2/h3-9,15H,1H2,2H3. The highest BCUT2D eigenvalue weighted by molar-refractivity contribution is 7.14. The van der Waals surface area contributed by atoms with Crippen LogP contribution in [0, 0.1) is 0 Å². The fraction of sp³-hybridized carbons (Fsp3) is 0.0714. The van der Waals surface area contributed by atoms with Crippen LogP contribution >= 0.6 is 11.3 Å². The van der Waals surface area contributed by atoms with Crippen LogP contribution in [0.4, 0.5) is 10.7 Å². The minimum Gasteiger partial charge on any atom is -0.465 e. The highest BCUT2D eigenvalue weighted by atomic mass is 32.1. The van der Waals surface area contributed by atoms with Crippen LogP contribution in [0.15, 0.2) is 42.3 Å². The summed E-state index contributed by atoms with van der Waals surface area (Å²) in [6, 6.07) is 9.55. The number of carbonyl (C=O) groups excluding carboxylic acids is 1. The van der Waals surface area contributed by atoms with Gasteiger partial charge in [-0.3, -0.25) is 0 Å². The van der Waals surface area contributed by atoms with E-state index in [4.69, 9.17) is 4.74 Å². The minimum atomic E-state index is -0.335. The molecule has 0 saturated carbocycles. The summed E-state index contributed by atoms with van der Waals surface area (Å²) in [4.78, 5) is 11.5. The van der Waals surface area contributed by atoms with Gasteiger partial charge in [-0.2, -0.15) is 0 Å². The highest BCUT2D eigenvalue weighted by Gasteiger charge is 2.13. The van der Waals surface area contributed by atoms with Crippen molar-refractivity contribution >= 4 is 34.1 Å². The normalized spacial score (nSPS) is 9.83.